The van der Waals surface area contributed by atoms with Gasteiger partial charge in [0.15, 0.2) is 9.84 Å². The van der Waals surface area contributed by atoms with Crippen LogP contribution in [0.5, 0.6) is 0 Å². The van der Waals surface area contributed by atoms with Crippen LogP contribution < -0.4 is 10.6 Å². The van der Waals surface area contributed by atoms with E-state index in [2.05, 4.69) is 20.6 Å². The lowest BCUT2D eigenvalue weighted by molar-refractivity contribution is 0.0936. The van der Waals surface area contributed by atoms with Crippen molar-refractivity contribution in [2.24, 2.45) is 0 Å². The Balaban J connectivity index is 1.79. The molecule has 2 heterocycles. The van der Waals surface area contributed by atoms with E-state index in [1.807, 2.05) is 13.0 Å². The average Bonchev–Trinajstić information content (AvgIpc) is 2.89. The molecular weight excluding hydrogens is 376 g/mol. The maximum Gasteiger partial charge on any atom is 0.270 e. The lowest BCUT2D eigenvalue weighted by Gasteiger charge is -2.13. The molecule has 0 spiro atoms. The molecule has 0 bridgehead atoms. The molecule has 2 aromatic rings. The highest BCUT2D eigenvalue weighted by Gasteiger charge is 2.29. The number of benzene rings is 1. The van der Waals surface area contributed by atoms with Crippen LogP contribution in [-0.2, 0) is 9.84 Å². The zero-order valence-electron chi connectivity index (χ0n) is 14.4. The van der Waals surface area contributed by atoms with E-state index < -0.39 is 15.7 Å². The van der Waals surface area contributed by atoms with Crippen molar-refractivity contribution in [3.05, 3.63) is 46.2 Å². The van der Waals surface area contributed by atoms with Crippen LogP contribution in [0.25, 0.3) is 0 Å². The lowest BCUT2D eigenvalue weighted by Crippen LogP contribution is -2.36. The number of halogens is 1. The Kier molecular flexibility index (Phi) is 5.15. The second-order valence-electron chi connectivity index (χ2n) is 6.38. The molecule has 1 aromatic carbocycles. The quantitative estimate of drug-likeness (QED) is 0.825. The first-order valence-corrected chi connectivity index (χ1v) is 10.3. The molecule has 26 heavy (non-hydrogen) atoms. The van der Waals surface area contributed by atoms with Crippen LogP contribution in [0.15, 0.2) is 24.3 Å². The number of aromatic nitrogens is 2. The predicted molar refractivity (Wildman–Crippen MR) is 101 cm³/mol. The minimum atomic E-state index is -3.06. The molecule has 9 heteroatoms. The van der Waals surface area contributed by atoms with Gasteiger partial charge in [0.25, 0.3) is 5.91 Å². The maximum absolute atomic E-state index is 12.4. The molecule has 0 saturated carbocycles. The number of hydrogen-bond acceptors (Lipinski definition) is 6. The number of amides is 1. The third-order valence-electron chi connectivity index (χ3n) is 4.10. The molecule has 0 radical (unpaired) electrons. The normalized spacial score (nSPS) is 18.5. The van der Waals surface area contributed by atoms with Gasteiger partial charge in [-0.05, 0) is 44.0 Å². The number of carbonyl (C=O) groups is 1. The first kappa shape index (κ1) is 18.6. The monoisotopic (exact) mass is 394 g/mol. The van der Waals surface area contributed by atoms with Crippen LogP contribution in [0.3, 0.4) is 0 Å². The summed E-state index contributed by atoms with van der Waals surface area (Å²) in [6.45, 7) is 3.68. The van der Waals surface area contributed by atoms with Crippen LogP contribution >= 0.6 is 11.6 Å². The SMILES string of the molecule is Cc1cc(C(=O)NC2CCS(=O)(=O)C2)nc(Nc2cc(Cl)ccc2C)n1. The molecule has 3 rings (SSSR count). The van der Waals surface area contributed by atoms with Gasteiger partial charge in [-0.3, -0.25) is 4.79 Å². The number of aryl methyl sites for hydroxylation is 2. The van der Waals surface area contributed by atoms with Crippen molar-refractivity contribution in [3.63, 3.8) is 0 Å². The summed E-state index contributed by atoms with van der Waals surface area (Å²) in [5, 5.41) is 6.38. The lowest BCUT2D eigenvalue weighted by atomic mass is 10.2. The summed E-state index contributed by atoms with van der Waals surface area (Å²) in [4.78, 5) is 21.0. The zero-order chi connectivity index (χ0) is 18.9. The van der Waals surface area contributed by atoms with E-state index in [4.69, 9.17) is 11.6 Å². The van der Waals surface area contributed by atoms with Crippen LogP contribution in [0.4, 0.5) is 11.6 Å². The Labute approximate surface area is 157 Å². The molecular formula is C17H19ClN4O3S. The standard InChI is InChI=1S/C17H19ClN4O3S/c1-10-3-4-12(18)8-14(10)21-17-19-11(2)7-15(22-17)16(23)20-13-5-6-26(24,25)9-13/h3-4,7-8,13H,5-6,9H2,1-2H3,(H,20,23)(H,19,21,22). The third-order valence-corrected chi connectivity index (χ3v) is 6.10. The molecule has 1 fully saturated rings. The van der Waals surface area contributed by atoms with E-state index in [9.17, 15) is 13.2 Å². The average molecular weight is 395 g/mol. The molecule has 1 unspecified atom stereocenters. The first-order valence-electron chi connectivity index (χ1n) is 8.12. The Morgan fingerprint density at radius 1 is 1.23 bits per heavy atom. The number of rotatable bonds is 4. The molecule has 1 amide bonds. The van der Waals surface area contributed by atoms with Gasteiger partial charge in [-0.1, -0.05) is 17.7 Å². The predicted octanol–water partition coefficient (Wildman–Crippen LogP) is 2.41. The summed E-state index contributed by atoms with van der Waals surface area (Å²) in [6.07, 6.45) is 0.422. The van der Waals surface area contributed by atoms with Crippen LogP contribution in [-0.4, -0.2) is 41.8 Å². The number of carbonyl (C=O) groups excluding carboxylic acids is 1. The van der Waals surface area contributed by atoms with Gasteiger partial charge in [0.2, 0.25) is 5.95 Å². The highest BCUT2D eigenvalue weighted by molar-refractivity contribution is 7.91. The minimum Gasteiger partial charge on any atom is -0.347 e. The number of nitrogens with one attached hydrogen (secondary N) is 2. The van der Waals surface area contributed by atoms with Crippen LogP contribution in [0, 0.1) is 13.8 Å². The third kappa shape index (κ3) is 4.50. The van der Waals surface area contributed by atoms with Crippen molar-refractivity contribution in [1.29, 1.82) is 0 Å². The fourth-order valence-electron chi connectivity index (χ4n) is 2.76. The van der Waals surface area contributed by atoms with Gasteiger partial charge in [-0.15, -0.1) is 0 Å². The Hall–Kier alpha value is -2.19. The fraction of sp³-hybridized carbons (Fsp3) is 0.353. The summed E-state index contributed by atoms with van der Waals surface area (Å²) in [5.74, 6) is -0.0694. The Bertz CT molecular complexity index is 962. The second-order valence-corrected chi connectivity index (χ2v) is 9.04. The molecule has 2 N–H and O–H groups in total. The molecule has 1 saturated heterocycles. The zero-order valence-corrected chi connectivity index (χ0v) is 16.0. The molecule has 1 atom stereocenters. The van der Waals surface area contributed by atoms with Crippen molar-refractivity contribution in [2.45, 2.75) is 26.3 Å². The topological polar surface area (TPSA) is 101 Å². The van der Waals surface area contributed by atoms with E-state index in [-0.39, 0.29) is 29.2 Å². The number of nitrogens with zero attached hydrogens (tertiary/aromatic N) is 2. The summed E-state index contributed by atoms with van der Waals surface area (Å²) in [7, 11) is -3.06. The maximum atomic E-state index is 12.4. The molecule has 7 nitrogen and oxygen atoms in total. The van der Waals surface area contributed by atoms with Gasteiger partial charge in [-0.25, -0.2) is 18.4 Å². The molecule has 1 aromatic heterocycles. The first-order chi connectivity index (χ1) is 12.2. The van der Waals surface area contributed by atoms with Crippen molar-refractivity contribution >= 4 is 39.0 Å². The largest absolute Gasteiger partial charge is 0.347 e. The highest BCUT2D eigenvalue weighted by Crippen LogP contribution is 2.23. The van der Waals surface area contributed by atoms with E-state index in [0.29, 0.717) is 17.1 Å². The van der Waals surface area contributed by atoms with E-state index >= 15 is 0 Å². The van der Waals surface area contributed by atoms with Gasteiger partial charge in [0, 0.05) is 22.4 Å². The van der Waals surface area contributed by atoms with Crippen molar-refractivity contribution in [2.75, 3.05) is 16.8 Å². The number of anilines is 2. The number of hydrogen-bond donors (Lipinski definition) is 2. The molecule has 0 aliphatic carbocycles. The Morgan fingerprint density at radius 3 is 2.69 bits per heavy atom. The minimum absolute atomic E-state index is 0.0321. The van der Waals surface area contributed by atoms with Gasteiger partial charge in [0.1, 0.15) is 5.69 Å². The highest BCUT2D eigenvalue weighted by atomic mass is 35.5. The van der Waals surface area contributed by atoms with Gasteiger partial charge in [-0.2, -0.15) is 0 Å². The summed E-state index contributed by atoms with van der Waals surface area (Å²) in [6, 6.07) is 6.59. The van der Waals surface area contributed by atoms with Gasteiger partial charge >= 0.3 is 0 Å². The number of sulfone groups is 1. The van der Waals surface area contributed by atoms with E-state index in [1.54, 1.807) is 25.1 Å². The molecule has 138 valence electrons. The Morgan fingerprint density at radius 2 is 2.00 bits per heavy atom. The fourth-order valence-corrected chi connectivity index (χ4v) is 4.60. The van der Waals surface area contributed by atoms with E-state index in [0.717, 1.165) is 11.3 Å². The van der Waals surface area contributed by atoms with Crippen molar-refractivity contribution in [3.8, 4) is 0 Å². The van der Waals surface area contributed by atoms with Crippen molar-refractivity contribution < 1.29 is 13.2 Å². The van der Waals surface area contributed by atoms with Crippen LogP contribution in [0.2, 0.25) is 5.02 Å². The second kappa shape index (κ2) is 7.20. The van der Waals surface area contributed by atoms with Crippen LogP contribution in [0.1, 0.15) is 28.2 Å². The van der Waals surface area contributed by atoms with Crippen molar-refractivity contribution in [1.82, 2.24) is 15.3 Å². The summed E-state index contributed by atoms with van der Waals surface area (Å²) in [5.41, 5.74) is 2.51. The van der Waals surface area contributed by atoms with Gasteiger partial charge < -0.3 is 10.6 Å². The smallest absolute Gasteiger partial charge is 0.270 e. The summed E-state index contributed by atoms with van der Waals surface area (Å²) < 4.78 is 23.1. The van der Waals surface area contributed by atoms with E-state index in [1.165, 1.54) is 0 Å². The van der Waals surface area contributed by atoms with Gasteiger partial charge in [0.05, 0.1) is 11.5 Å². The summed E-state index contributed by atoms with van der Waals surface area (Å²) >= 11 is 6.02. The molecule has 1 aliphatic heterocycles. The molecule has 1 aliphatic rings.